The Morgan fingerprint density at radius 3 is 0.711 bits per heavy atom. The van der Waals surface area contributed by atoms with Gasteiger partial charge >= 0.3 is 17.9 Å². The molecule has 0 aliphatic carbocycles. The Morgan fingerprint density at radius 2 is 0.434 bits per heavy atom. The number of hydrogen-bond donors (Lipinski definition) is 0. The number of rotatable bonds is 67. The van der Waals surface area contributed by atoms with E-state index < -0.39 is 6.10 Å². The van der Waals surface area contributed by atoms with Crippen molar-refractivity contribution in [3.8, 4) is 0 Å². The van der Waals surface area contributed by atoms with Crippen molar-refractivity contribution < 1.29 is 28.6 Å². The van der Waals surface area contributed by atoms with Crippen molar-refractivity contribution in [3.63, 3.8) is 0 Å². The van der Waals surface area contributed by atoms with Crippen LogP contribution in [0.3, 0.4) is 0 Å². The van der Waals surface area contributed by atoms with E-state index in [2.05, 4.69) is 93.7 Å². The molecule has 1 unspecified atom stereocenters. The van der Waals surface area contributed by atoms with Crippen LogP contribution in [0, 0.1) is 0 Å². The quantitative estimate of drug-likeness (QED) is 0.0261. The van der Waals surface area contributed by atoms with Crippen LogP contribution in [0.4, 0.5) is 0 Å². The van der Waals surface area contributed by atoms with Crippen molar-refractivity contribution >= 4 is 17.9 Å². The molecule has 6 heteroatoms. The first-order valence-electron chi connectivity index (χ1n) is 36.4. The molecule has 83 heavy (non-hydrogen) atoms. The SMILES string of the molecule is CCCCC/C=C\C/C=C\C/C=C\CCCCCCCCC(=O)OCC(COC(=O)CCCCCCCCCCCCC/C=C\C/C=C\CCCCCCC)OC(=O)CCCCCCCCCCCCC/C=C\CCCCCCCCCC. The van der Waals surface area contributed by atoms with Crippen molar-refractivity contribution in [2.75, 3.05) is 13.2 Å². The maximum atomic E-state index is 13.0. The molecule has 6 nitrogen and oxygen atoms in total. The van der Waals surface area contributed by atoms with Crippen LogP contribution >= 0.6 is 0 Å². The summed E-state index contributed by atoms with van der Waals surface area (Å²) in [6.45, 7) is 6.65. The molecule has 1 atom stereocenters. The molecular formula is C77H138O6. The summed E-state index contributed by atoms with van der Waals surface area (Å²) in [7, 11) is 0. The van der Waals surface area contributed by atoms with Gasteiger partial charge in [-0.05, 0) is 116 Å². The van der Waals surface area contributed by atoms with E-state index in [-0.39, 0.29) is 31.1 Å². The van der Waals surface area contributed by atoms with Crippen molar-refractivity contribution in [1.82, 2.24) is 0 Å². The Morgan fingerprint density at radius 1 is 0.241 bits per heavy atom. The lowest BCUT2D eigenvalue weighted by atomic mass is 10.0. The zero-order valence-corrected chi connectivity index (χ0v) is 55.5. The first kappa shape index (κ1) is 79.8. The highest BCUT2D eigenvalue weighted by Gasteiger charge is 2.19. The topological polar surface area (TPSA) is 78.9 Å². The van der Waals surface area contributed by atoms with Crippen molar-refractivity contribution in [3.05, 3.63) is 72.9 Å². The standard InChI is InChI=1S/C77H138O6/c1-4-7-10-13-16-19-22-25-28-31-34-36-38-40-43-46-49-52-55-58-61-64-67-70-76(79)82-73-74(72-81-75(78)69-66-63-60-57-54-51-48-45-42-33-30-27-24-21-18-15-12-9-6-3)83-77(80)71-68-65-62-59-56-53-50-47-44-41-39-37-35-32-29-26-23-20-17-14-11-8-5-2/h18,21-22,25,27,30-32,34-35,42,45,74H,4-17,19-20,23-24,26,28-29,33,36-41,43-44,46-73H2,1-3H3/b21-18-,25-22-,30-27-,34-31-,35-32-,45-42-. The monoisotopic (exact) mass is 1160 g/mol. The van der Waals surface area contributed by atoms with E-state index in [1.807, 2.05) is 0 Å². The molecule has 0 saturated carbocycles. The summed E-state index contributed by atoms with van der Waals surface area (Å²) in [4.78, 5) is 38.5. The molecule has 0 amide bonds. The molecular weight excluding hydrogens is 1020 g/mol. The molecule has 0 bridgehead atoms. The Bertz CT molecular complexity index is 1520. The summed E-state index contributed by atoms with van der Waals surface area (Å²) in [6.07, 6.45) is 93.5. The van der Waals surface area contributed by atoms with Crippen LogP contribution in [0.15, 0.2) is 72.9 Å². The Balaban J connectivity index is 4.37. The molecule has 482 valence electrons. The lowest BCUT2D eigenvalue weighted by Crippen LogP contribution is -2.30. The van der Waals surface area contributed by atoms with Crippen LogP contribution in [0.5, 0.6) is 0 Å². The second kappa shape index (κ2) is 71.3. The number of allylic oxidation sites excluding steroid dienone is 12. The Labute approximate surface area is 516 Å². The van der Waals surface area contributed by atoms with Gasteiger partial charge in [-0.1, -0.05) is 318 Å². The maximum absolute atomic E-state index is 13.0. The largest absolute Gasteiger partial charge is 0.462 e. The summed E-state index contributed by atoms with van der Waals surface area (Å²) < 4.78 is 17.0. The number of carbonyl (C=O) groups is 3. The van der Waals surface area contributed by atoms with Gasteiger partial charge in [0.25, 0.3) is 0 Å². The van der Waals surface area contributed by atoms with Gasteiger partial charge in [-0.15, -0.1) is 0 Å². The Kier molecular flexibility index (Phi) is 68.6. The molecule has 0 aromatic carbocycles. The Hall–Kier alpha value is -3.15. The van der Waals surface area contributed by atoms with Crippen LogP contribution in [-0.2, 0) is 28.6 Å². The van der Waals surface area contributed by atoms with Gasteiger partial charge in [-0.25, -0.2) is 0 Å². The first-order valence-corrected chi connectivity index (χ1v) is 36.4. The van der Waals surface area contributed by atoms with Crippen LogP contribution in [0.1, 0.15) is 380 Å². The third-order valence-corrected chi connectivity index (χ3v) is 16.2. The van der Waals surface area contributed by atoms with Gasteiger partial charge in [0.1, 0.15) is 13.2 Å². The second-order valence-electron chi connectivity index (χ2n) is 24.5. The number of carbonyl (C=O) groups excluding carboxylic acids is 3. The second-order valence-corrected chi connectivity index (χ2v) is 24.5. The molecule has 0 rings (SSSR count). The van der Waals surface area contributed by atoms with E-state index in [9.17, 15) is 14.4 Å². The minimum absolute atomic E-state index is 0.0787. The molecule has 0 radical (unpaired) electrons. The fourth-order valence-corrected chi connectivity index (χ4v) is 10.7. The average molecular weight is 1160 g/mol. The zero-order valence-electron chi connectivity index (χ0n) is 55.5. The third kappa shape index (κ3) is 69.5. The van der Waals surface area contributed by atoms with Crippen LogP contribution in [0.2, 0.25) is 0 Å². The first-order chi connectivity index (χ1) is 41.0. The highest BCUT2D eigenvalue weighted by molar-refractivity contribution is 5.71. The minimum Gasteiger partial charge on any atom is -0.462 e. The fourth-order valence-electron chi connectivity index (χ4n) is 10.7. The molecule has 0 saturated heterocycles. The van der Waals surface area contributed by atoms with E-state index in [0.29, 0.717) is 19.3 Å². The molecule has 0 aliphatic heterocycles. The summed E-state index contributed by atoms with van der Waals surface area (Å²) in [5.41, 5.74) is 0. The highest BCUT2D eigenvalue weighted by Crippen LogP contribution is 2.17. The summed E-state index contributed by atoms with van der Waals surface area (Å²) >= 11 is 0. The smallest absolute Gasteiger partial charge is 0.306 e. The van der Waals surface area contributed by atoms with E-state index in [1.54, 1.807) is 0 Å². The van der Waals surface area contributed by atoms with Crippen molar-refractivity contribution in [1.29, 1.82) is 0 Å². The number of esters is 3. The van der Waals surface area contributed by atoms with Crippen LogP contribution < -0.4 is 0 Å². The minimum atomic E-state index is -0.785. The average Bonchev–Trinajstić information content (AvgIpc) is 3.49. The molecule has 0 aromatic rings. The van der Waals surface area contributed by atoms with Crippen molar-refractivity contribution in [2.45, 2.75) is 386 Å². The van der Waals surface area contributed by atoms with Gasteiger partial charge < -0.3 is 14.2 Å². The number of hydrogen-bond acceptors (Lipinski definition) is 6. The van der Waals surface area contributed by atoms with Gasteiger partial charge in [0.05, 0.1) is 0 Å². The molecule has 0 spiro atoms. The van der Waals surface area contributed by atoms with Gasteiger partial charge in [-0.2, -0.15) is 0 Å². The fraction of sp³-hybridized carbons (Fsp3) is 0.805. The summed E-state index contributed by atoms with van der Waals surface area (Å²) in [6, 6.07) is 0. The van der Waals surface area contributed by atoms with Gasteiger partial charge in [0, 0.05) is 19.3 Å². The summed E-state index contributed by atoms with van der Waals surface area (Å²) in [5, 5.41) is 0. The van der Waals surface area contributed by atoms with Gasteiger partial charge in [0.15, 0.2) is 6.10 Å². The van der Waals surface area contributed by atoms with Crippen LogP contribution in [0.25, 0.3) is 0 Å². The lowest BCUT2D eigenvalue weighted by Gasteiger charge is -2.18. The lowest BCUT2D eigenvalue weighted by molar-refractivity contribution is -0.167. The maximum Gasteiger partial charge on any atom is 0.306 e. The van der Waals surface area contributed by atoms with Gasteiger partial charge in [0.2, 0.25) is 0 Å². The predicted octanol–water partition coefficient (Wildman–Crippen LogP) is 25.2. The highest BCUT2D eigenvalue weighted by atomic mass is 16.6. The summed E-state index contributed by atoms with van der Waals surface area (Å²) in [5.74, 6) is -0.872. The normalized spacial score (nSPS) is 12.5. The molecule has 0 heterocycles. The van der Waals surface area contributed by atoms with Gasteiger partial charge in [-0.3, -0.25) is 14.4 Å². The van der Waals surface area contributed by atoms with E-state index in [0.717, 1.165) is 83.5 Å². The number of unbranched alkanes of at least 4 members (excludes halogenated alkanes) is 44. The third-order valence-electron chi connectivity index (χ3n) is 16.2. The van der Waals surface area contributed by atoms with E-state index in [4.69, 9.17) is 14.2 Å². The van der Waals surface area contributed by atoms with Crippen LogP contribution in [-0.4, -0.2) is 37.2 Å². The van der Waals surface area contributed by atoms with Crippen molar-refractivity contribution in [2.24, 2.45) is 0 Å². The zero-order chi connectivity index (χ0) is 59.9. The molecule has 0 aliphatic rings. The molecule has 0 fully saturated rings. The molecule has 0 N–H and O–H groups in total. The van der Waals surface area contributed by atoms with E-state index in [1.165, 1.54) is 257 Å². The van der Waals surface area contributed by atoms with E-state index >= 15 is 0 Å². The number of ether oxygens (including phenoxy) is 3. The molecule has 0 aromatic heterocycles. The predicted molar refractivity (Wildman–Crippen MR) is 362 cm³/mol.